The van der Waals surface area contributed by atoms with E-state index < -0.39 is 0 Å². The van der Waals surface area contributed by atoms with E-state index in [0.717, 1.165) is 21.1 Å². The Bertz CT molecular complexity index is 894. The van der Waals surface area contributed by atoms with Crippen LogP contribution in [0.2, 0.25) is 5.02 Å². The van der Waals surface area contributed by atoms with Crippen molar-refractivity contribution in [1.82, 2.24) is 10.3 Å². The first-order chi connectivity index (χ1) is 12.5. The van der Waals surface area contributed by atoms with Gasteiger partial charge in [-0.25, -0.2) is 14.2 Å². The summed E-state index contributed by atoms with van der Waals surface area (Å²) in [6, 6.07) is 12.9. The third-order valence-corrected chi connectivity index (χ3v) is 5.24. The Morgan fingerprint density at radius 2 is 1.85 bits per heavy atom. The number of carbonyl (C=O) groups is 1. The Morgan fingerprint density at radius 3 is 2.54 bits per heavy atom. The predicted octanol–water partition coefficient (Wildman–Crippen LogP) is 5.28. The van der Waals surface area contributed by atoms with Gasteiger partial charge < -0.3 is 10.6 Å². The zero-order valence-electron chi connectivity index (χ0n) is 14.1. The third-order valence-electron chi connectivity index (χ3n) is 3.72. The molecule has 3 aromatic rings. The van der Waals surface area contributed by atoms with Crippen molar-refractivity contribution in [2.75, 3.05) is 11.9 Å². The minimum atomic E-state index is -0.270. The van der Waals surface area contributed by atoms with Crippen LogP contribution in [-0.4, -0.2) is 17.6 Å². The number of carbonyl (C=O) groups excluding carboxylic acids is 1. The fourth-order valence-electron chi connectivity index (χ4n) is 2.37. The molecule has 1 heterocycles. The number of anilines is 1. The molecule has 4 nitrogen and oxygen atoms in total. The maximum absolute atomic E-state index is 13.0. The van der Waals surface area contributed by atoms with E-state index in [1.165, 1.54) is 12.1 Å². The molecule has 1 aromatic heterocycles. The molecule has 0 saturated carbocycles. The van der Waals surface area contributed by atoms with Gasteiger partial charge in [0.1, 0.15) is 10.8 Å². The van der Waals surface area contributed by atoms with Gasteiger partial charge in [0, 0.05) is 34.1 Å². The molecule has 0 unspecified atom stereocenters. The molecule has 0 bridgehead atoms. The maximum Gasteiger partial charge on any atom is 0.319 e. The second-order valence-corrected chi connectivity index (χ2v) is 7.19. The van der Waals surface area contributed by atoms with Crippen molar-refractivity contribution in [3.63, 3.8) is 0 Å². The van der Waals surface area contributed by atoms with E-state index in [2.05, 4.69) is 15.6 Å². The van der Waals surface area contributed by atoms with Crippen molar-refractivity contribution in [2.24, 2.45) is 0 Å². The molecule has 0 aliphatic carbocycles. The lowest BCUT2D eigenvalue weighted by molar-refractivity contribution is 0.252. The SMILES string of the molecule is Cc1nc(-c2ccc(F)cc2)sc1CCNC(=O)Nc1ccc(Cl)cc1. The summed E-state index contributed by atoms with van der Waals surface area (Å²) >= 11 is 7.37. The van der Waals surface area contributed by atoms with E-state index in [1.807, 2.05) is 6.92 Å². The standard InChI is InChI=1S/C19H17ClFN3OS/c1-12-17(26-18(23-12)13-2-6-15(21)7-3-13)10-11-22-19(25)24-16-8-4-14(20)5-9-16/h2-9H,10-11H2,1H3,(H2,22,24,25). The number of amides is 2. The second kappa shape index (κ2) is 8.29. The molecule has 0 fully saturated rings. The number of hydrogen-bond acceptors (Lipinski definition) is 3. The minimum Gasteiger partial charge on any atom is -0.338 e. The van der Waals surface area contributed by atoms with Crippen LogP contribution in [0.3, 0.4) is 0 Å². The van der Waals surface area contributed by atoms with Gasteiger partial charge in [-0.1, -0.05) is 11.6 Å². The van der Waals surface area contributed by atoms with Crippen LogP contribution in [0.5, 0.6) is 0 Å². The van der Waals surface area contributed by atoms with Crippen molar-refractivity contribution in [2.45, 2.75) is 13.3 Å². The van der Waals surface area contributed by atoms with Gasteiger partial charge in [0.05, 0.1) is 5.69 Å². The van der Waals surface area contributed by atoms with Crippen LogP contribution in [-0.2, 0) is 6.42 Å². The number of aryl methyl sites for hydroxylation is 1. The van der Waals surface area contributed by atoms with Crippen LogP contribution in [0.4, 0.5) is 14.9 Å². The molecule has 0 radical (unpaired) electrons. The summed E-state index contributed by atoms with van der Waals surface area (Å²) in [5.74, 6) is -0.266. The lowest BCUT2D eigenvalue weighted by Gasteiger charge is -2.07. The van der Waals surface area contributed by atoms with Crippen molar-refractivity contribution < 1.29 is 9.18 Å². The highest BCUT2D eigenvalue weighted by Crippen LogP contribution is 2.28. The van der Waals surface area contributed by atoms with Gasteiger partial charge in [-0.15, -0.1) is 11.3 Å². The van der Waals surface area contributed by atoms with Gasteiger partial charge >= 0.3 is 6.03 Å². The summed E-state index contributed by atoms with van der Waals surface area (Å²) in [6.45, 7) is 2.43. The number of halogens is 2. The highest BCUT2D eigenvalue weighted by molar-refractivity contribution is 7.15. The first-order valence-corrected chi connectivity index (χ1v) is 9.23. The molecule has 0 spiro atoms. The quantitative estimate of drug-likeness (QED) is 0.624. The number of hydrogen-bond donors (Lipinski definition) is 2. The number of nitrogens with zero attached hydrogens (tertiary/aromatic N) is 1. The molecular weight excluding hydrogens is 373 g/mol. The van der Waals surface area contributed by atoms with Gasteiger partial charge in [0.2, 0.25) is 0 Å². The summed E-state index contributed by atoms with van der Waals surface area (Å²) in [4.78, 5) is 17.6. The molecule has 2 N–H and O–H groups in total. The third kappa shape index (κ3) is 4.80. The van der Waals surface area contributed by atoms with Crippen LogP contribution in [0, 0.1) is 12.7 Å². The van der Waals surface area contributed by atoms with Gasteiger partial charge in [0.15, 0.2) is 0 Å². The first-order valence-electron chi connectivity index (χ1n) is 8.04. The van der Waals surface area contributed by atoms with Crippen LogP contribution in [0.15, 0.2) is 48.5 Å². The molecule has 3 rings (SSSR count). The van der Waals surface area contributed by atoms with Crippen LogP contribution < -0.4 is 10.6 Å². The second-order valence-electron chi connectivity index (χ2n) is 5.67. The van der Waals surface area contributed by atoms with E-state index in [4.69, 9.17) is 11.6 Å². The molecule has 0 atom stereocenters. The first kappa shape index (κ1) is 18.4. The van der Waals surface area contributed by atoms with Crippen LogP contribution in [0.1, 0.15) is 10.6 Å². The Kier molecular flexibility index (Phi) is 5.85. The fourth-order valence-corrected chi connectivity index (χ4v) is 3.57. The molecule has 0 aliphatic heterocycles. The van der Waals surface area contributed by atoms with Gasteiger partial charge in [0.25, 0.3) is 0 Å². The van der Waals surface area contributed by atoms with Crippen molar-refractivity contribution in [3.8, 4) is 10.6 Å². The number of thiazole rings is 1. The Hall–Kier alpha value is -2.44. The Balaban J connectivity index is 1.54. The van der Waals surface area contributed by atoms with Gasteiger partial charge in [-0.05, 0) is 55.5 Å². The van der Waals surface area contributed by atoms with E-state index in [1.54, 1.807) is 47.7 Å². The Morgan fingerprint density at radius 1 is 1.15 bits per heavy atom. The predicted molar refractivity (Wildman–Crippen MR) is 104 cm³/mol. The highest BCUT2D eigenvalue weighted by atomic mass is 35.5. The number of urea groups is 1. The van der Waals surface area contributed by atoms with E-state index in [9.17, 15) is 9.18 Å². The highest BCUT2D eigenvalue weighted by Gasteiger charge is 2.10. The van der Waals surface area contributed by atoms with Crippen molar-refractivity contribution in [1.29, 1.82) is 0 Å². The smallest absolute Gasteiger partial charge is 0.319 e. The monoisotopic (exact) mass is 389 g/mol. The molecular formula is C19H17ClFN3OS. The summed E-state index contributed by atoms with van der Waals surface area (Å²) in [5.41, 5.74) is 2.49. The molecule has 134 valence electrons. The van der Waals surface area contributed by atoms with Crippen LogP contribution in [0.25, 0.3) is 10.6 Å². The lowest BCUT2D eigenvalue weighted by atomic mass is 10.2. The topological polar surface area (TPSA) is 54.0 Å². The van der Waals surface area contributed by atoms with Gasteiger partial charge in [-0.2, -0.15) is 0 Å². The van der Waals surface area contributed by atoms with E-state index in [-0.39, 0.29) is 11.8 Å². The largest absolute Gasteiger partial charge is 0.338 e. The number of rotatable bonds is 5. The number of nitrogens with one attached hydrogen (secondary N) is 2. The lowest BCUT2D eigenvalue weighted by Crippen LogP contribution is -2.30. The average Bonchev–Trinajstić information content (AvgIpc) is 2.98. The zero-order valence-corrected chi connectivity index (χ0v) is 15.6. The van der Waals surface area contributed by atoms with E-state index >= 15 is 0 Å². The van der Waals surface area contributed by atoms with E-state index in [0.29, 0.717) is 23.7 Å². The molecule has 2 aromatic carbocycles. The van der Waals surface area contributed by atoms with Crippen molar-refractivity contribution in [3.05, 3.63) is 69.9 Å². The normalized spacial score (nSPS) is 10.6. The minimum absolute atomic E-state index is 0.266. The molecule has 0 saturated heterocycles. The maximum atomic E-state index is 13.0. The summed E-state index contributed by atoms with van der Waals surface area (Å²) < 4.78 is 13.0. The van der Waals surface area contributed by atoms with Gasteiger partial charge in [-0.3, -0.25) is 0 Å². The molecule has 2 amide bonds. The summed E-state index contributed by atoms with van der Waals surface area (Å²) in [7, 11) is 0. The fraction of sp³-hybridized carbons (Fsp3) is 0.158. The summed E-state index contributed by atoms with van der Waals surface area (Å²) in [5, 5.41) is 7.04. The summed E-state index contributed by atoms with van der Waals surface area (Å²) in [6.07, 6.45) is 0.679. The van der Waals surface area contributed by atoms with Crippen LogP contribution >= 0.6 is 22.9 Å². The molecule has 26 heavy (non-hydrogen) atoms. The molecule has 7 heteroatoms. The number of aromatic nitrogens is 1. The zero-order chi connectivity index (χ0) is 18.5. The average molecular weight is 390 g/mol. The van der Waals surface area contributed by atoms with Crippen molar-refractivity contribution >= 4 is 34.7 Å². The number of benzene rings is 2. The Labute approximate surface area is 160 Å². The molecule has 0 aliphatic rings.